The number of carbonyl (C=O) groups is 2. The predicted molar refractivity (Wildman–Crippen MR) is 58.2 cm³/mol. The predicted octanol–water partition coefficient (Wildman–Crippen LogP) is 1.23. The van der Waals surface area contributed by atoms with Crippen LogP contribution in [0.4, 0.5) is 16.2 Å². The van der Waals surface area contributed by atoms with Gasteiger partial charge in [-0.2, -0.15) is 0 Å². The van der Waals surface area contributed by atoms with Crippen LogP contribution in [0.3, 0.4) is 0 Å². The van der Waals surface area contributed by atoms with E-state index < -0.39 is 12.1 Å². The number of hydrogen-bond acceptors (Lipinski definition) is 5. The number of esters is 1. The molecule has 1 aromatic carbocycles. The second-order valence-corrected chi connectivity index (χ2v) is 2.91. The molecule has 86 valence electrons. The minimum Gasteiger partial charge on any atom is -0.465 e. The summed E-state index contributed by atoms with van der Waals surface area (Å²) in [4.78, 5) is 22.4. The Bertz CT molecular complexity index is 417. The van der Waals surface area contributed by atoms with Gasteiger partial charge in [0, 0.05) is 5.69 Å². The second-order valence-electron chi connectivity index (χ2n) is 2.91. The van der Waals surface area contributed by atoms with Crippen LogP contribution in [0.25, 0.3) is 0 Å². The Morgan fingerprint density at radius 1 is 1.25 bits per heavy atom. The fourth-order valence-electron chi connectivity index (χ4n) is 1.11. The van der Waals surface area contributed by atoms with E-state index in [9.17, 15) is 9.59 Å². The number of nitrogen functional groups attached to an aromatic ring is 1. The third-order valence-corrected chi connectivity index (χ3v) is 1.87. The summed E-state index contributed by atoms with van der Waals surface area (Å²) in [6.07, 6.45) is -0.671. The van der Waals surface area contributed by atoms with Crippen molar-refractivity contribution >= 4 is 23.4 Å². The fourth-order valence-corrected chi connectivity index (χ4v) is 1.11. The smallest absolute Gasteiger partial charge is 0.411 e. The summed E-state index contributed by atoms with van der Waals surface area (Å²) < 4.78 is 8.98. The van der Waals surface area contributed by atoms with Crippen LogP contribution in [-0.4, -0.2) is 26.3 Å². The molecule has 1 amide bonds. The van der Waals surface area contributed by atoms with Crippen molar-refractivity contribution in [2.75, 3.05) is 25.3 Å². The van der Waals surface area contributed by atoms with E-state index in [2.05, 4.69) is 14.8 Å². The summed E-state index contributed by atoms with van der Waals surface area (Å²) in [6.45, 7) is 0. The molecule has 0 aromatic heterocycles. The lowest BCUT2D eigenvalue weighted by Crippen LogP contribution is -2.15. The zero-order valence-corrected chi connectivity index (χ0v) is 8.94. The van der Waals surface area contributed by atoms with E-state index in [1.807, 2.05) is 0 Å². The zero-order chi connectivity index (χ0) is 12.1. The van der Waals surface area contributed by atoms with Crippen molar-refractivity contribution in [1.82, 2.24) is 0 Å². The van der Waals surface area contributed by atoms with E-state index in [-0.39, 0.29) is 11.3 Å². The van der Waals surface area contributed by atoms with Gasteiger partial charge < -0.3 is 15.2 Å². The first kappa shape index (κ1) is 11.8. The quantitative estimate of drug-likeness (QED) is 0.582. The normalized spacial score (nSPS) is 9.38. The maximum atomic E-state index is 11.4. The molecule has 0 aliphatic rings. The summed E-state index contributed by atoms with van der Waals surface area (Å²) in [5.41, 5.74) is 6.39. The third kappa shape index (κ3) is 2.63. The maximum absolute atomic E-state index is 11.4. The van der Waals surface area contributed by atoms with Crippen molar-refractivity contribution in [2.24, 2.45) is 0 Å². The Labute approximate surface area is 92.3 Å². The van der Waals surface area contributed by atoms with E-state index in [0.29, 0.717) is 5.69 Å². The fraction of sp³-hybridized carbons (Fsp3) is 0.200. The van der Waals surface area contributed by atoms with Crippen LogP contribution in [0.15, 0.2) is 18.2 Å². The molecule has 0 atom stereocenters. The molecule has 0 saturated carbocycles. The Hall–Kier alpha value is -2.24. The minimum atomic E-state index is -0.671. The lowest BCUT2D eigenvalue weighted by atomic mass is 10.1. The van der Waals surface area contributed by atoms with Gasteiger partial charge in [0.15, 0.2) is 0 Å². The van der Waals surface area contributed by atoms with Crippen molar-refractivity contribution in [3.63, 3.8) is 0 Å². The molecule has 16 heavy (non-hydrogen) atoms. The number of ether oxygens (including phenoxy) is 2. The van der Waals surface area contributed by atoms with Gasteiger partial charge in [-0.3, -0.25) is 5.32 Å². The van der Waals surface area contributed by atoms with E-state index >= 15 is 0 Å². The molecule has 6 heteroatoms. The van der Waals surface area contributed by atoms with Gasteiger partial charge >= 0.3 is 12.1 Å². The van der Waals surface area contributed by atoms with Crippen molar-refractivity contribution in [1.29, 1.82) is 0 Å². The standard InChI is InChI=1S/C10H12N2O4/c1-15-9(13)7-5-6(11)3-4-8(7)12-10(14)16-2/h3-5H,11H2,1-2H3,(H,12,14). The number of nitrogens with one attached hydrogen (secondary N) is 1. The maximum Gasteiger partial charge on any atom is 0.411 e. The molecule has 0 saturated heterocycles. The van der Waals surface area contributed by atoms with Crippen molar-refractivity contribution in [3.8, 4) is 0 Å². The first-order valence-electron chi connectivity index (χ1n) is 4.41. The Kier molecular flexibility index (Phi) is 3.71. The van der Waals surface area contributed by atoms with Gasteiger partial charge in [-0.05, 0) is 18.2 Å². The number of amides is 1. The molecule has 0 bridgehead atoms. The van der Waals surface area contributed by atoms with Crippen LogP contribution in [0, 0.1) is 0 Å². The number of hydrogen-bond donors (Lipinski definition) is 2. The number of anilines is 2. The Balaban J connectivity index is 3.07. The van der Waals surface area contributed by atoms with Crippen molar-refractivity contribution in [2.45, 2.75) is 0 Å². The molecule has 0 fully saturated rings. The Morgan fingerprint density at radius 2 is 1.94 bits per heavy atom. The summed E-state index contributed by atoms with van der Waals surface area (Å²) in [7, 11) is 2.47. The molecule has 0 aliphatic heterocycles. The number of rotatable bonds is 2. The summed E-state index contributed by atoms with van der Waals surface area (Å²) >= 11 is 0. The van der Waals surface area contributed by atoms with Crippen LogP contribution in [0.2, 0.25) is 0 Å². The SMILES string of the molecule is COC(=O)Nc1ccc(N)cc1C(=O)OC. The zero-order valence-electron chi connectivity index (χ0n) is 8.94. The molecule has 0 radical (unpaired) electrons. The largest absolute Gasteiger partial charge is 0.465 e. The van der Waals surface area contributed by atoms with Crippen LogP contribution < -0.4 is 11.1 Å². The van der Waals surface area contributed by atoms with Crippen LogP contribution in [-0.2, 0) is 9.47 Å². The van der Waals surface area contributed by atoms with Gasteiger partial charge in [-0.25, -0.2) is 9.59 Å². The lowest BCUT2D eigenvalue weighted by molar-refractivity contribution is 0.0602. The molecule has 0 unspecified atom stereocenters. The molecule has 0 heterocycles. The van der Waals surface area contributed by atoms with E-state index in [0.717, 1.165) is 0 Å². The van der Waals surface area contributed by atoms with Crippen LogP contribution in [0.1, 0.15) is 10.4 Å². The average Bonchev–Trinajstić information content (AvgIpc) is 2.30. The number of benzene rings is 1. The number of carbonyl (C=O) groups excluding carboxylic acids is 2. The van der Waals surface area contributed by atoms with Gasteiger partial charge in [0.1, 0.15) is 0 Å². The molecule has 1 rings (SSSR count). The number of nitrogens with two attached hydrogens (primary N) is 1. The van der Waals surface area contributed by atoms with Gasteiger partial charge in [-0.15, -0.1) is 0 Å². The van der Waals surface area contributed by atoms with Gasteiger partial charge in [-0.1, -0.05) is 0 Å². The van der Waals surface area contributed by atoms with E-state index in [1.165, 1.54) is 26.4 Å². The molecule has 3 N–H and O–H groups in total. The highest BCUT2D eigenvalue weighted by Crippen LogP contribution is 2.19. The van der Waals surface area contributed by atoms with E-state index in [4.69, 9.17) is 5.73 Å². The first-order chi connectivity index (χ1) is 7.58. The highest BCUT2D eigenvalue weighted by Gasteiger charge is 2.14. The van der Waals surface area contributed by atoms with Crippen LogP contribution in [0.5, 0.6) is 0 Å². The van der Waals surface area contributed by atoms with Crippen LogP contribution >= 0.6 is 0 Å². The van der Waals surface area contributed by atoms with Crippen molar-refractivity contribution in [3.05, 3.63) is 23.8 Å². The highest BCUT2D eigenvalue weighted by atomic mass is 16.5. The average molecular weight is 224 g/mol. The molecule has 0 spiro atoms. The van der Waals surface area contributed by atoms with Gasteiger partial charge in [0.2, 0.25) is 0 Å². The summed E-state index contributed by atoms with van der Waals surface area (Å²) in [5.74, 6) is -0.585. The molecule has 1 aromatic rings. The molecule has 6 nitrogen and oxygen atoms in total. The third-order valence-electron chi connectivity index (χ3n) is 1.87. The van der Waals surface area contributed by atoms with Crippen molar-refractivity contribution < 1.29 is 19.1 Å². The lowest BCUT2D eigenvalue weighted by Gasteiger charge is -2.09. The highest BCUT2D eigenvalue weighted by molar-refractivity contribution is 6.00. The summed E-state index contributed by atoms with van der Waals surface area (Å²) in [5, 5.41) is 2.39. The molecule has 0 aliphatic carbocycles. The molecular weight excluding hydrogens is 212 g/mol. The topological polar surface area (TPSA) is 90.6 Å². The second kappa shape index (κ2) is 5.01. The minimum absolute atomic E-state index is 0.174. The summed E-state index contributed by atoms with van der Waals surface area (Å²) in [6, 6.07) is 4.47. The first-order valence-corrected chi connectivity index (χ1v) is 4.41. The van der Waals surface area contributed by atoms with Gasteiger partial charge in [0.25, 0.3) is 0 Å². The van der Waals surface area contributed by atoms with Gasteiger partial charge in [0.05, 0.1) is 25.5 Å². The van der Waals surface area contributed by atoms with E-state index in [1.54, 1.807) is 6.07 Å². The number of methoxy groups -OCH3 is 2. The Morgan fingerprint density at radius 3 is 2.50 bits per heavy atom. The molecular formula is C10H12N2O4. The monoisotopic (exact) mass is 224 g/mol.